The zero-order valence-electron chi connectivity index (χ0n) is 15.0. The van der Waals surface area contributed by atoms with Gasteiger partial charge in [-0.2, -0.15) is 0 Å². The van der Waals surface area contributed by atoms with Crippen molar-refractivity contribution >= 4 is 17.5 Å². The molecule has 0 saturated heterocycles. The van der Waals surface area contributed by atoms with Crippen molar-refractivity contribution < 1.29 is 19.1 Å². The molecule has 1 aliphatic heterocycles. The van der Waals surface area contributed by atoms with Gasteiger partial charge >= 0.3 is 0 Å². The third-order valence-electron chi connectivity index (χ3n) is 4.94. The van der Waals surface area contributed by atoms with Crippen molar-refractivity contribution in [1.82, 2.24) is 5.32 Å². The lowest BCUT2D eigenvalue weighted by Crippen LogP contribution is -2.35. The number of hydrogen-bond acceptors (Lipinski definition) is 4. The van der Waals surface area contributed by atoms with E-state index in [4.69, 9.17) is 9.47 Å². The van der Waals surface area contributed by atoms with Crippen LogP contribution in [0.2, 0.25) is 0 Å². The molecule has 1 aromatic rings. The first-order chi connectivity index (χ1) is 13.1. The molecule has 0 aromatic heterocycles. The van der Waals surface area contributed by atoms with Crippen molar-refractivity contribution in [3.05, 3.63) is 59.3 Å². The number of carbonyl (C=O) groups is 2. The molecule has 0 fully saturated rings. The van der Waals surface area contributed by atoms with Crippen molar-refractivity contribution in [1.29, 1.82) is 0 Å². The van der Waals surface area contributed by atoms with E-state index < -0.39 is 0 Å². The quantitative estimate of drug-likeness (QED) is 0.891. The minimum Gasteiger partial charge on any atom is -0.497 e. The molecule has 0 bridgehead atoms. The highest BCUT2D eigenvalue weighted by molar-refractivity contribution is 6.11. The molecule has 2 aliphatic carbocycles. The number of ether oxygens (including phenoxy) is 2. The maximum absolute atomic E-state index is 12.2. The molecule has 2 amide bonds. The van der Waals surface area contributed by atoms with Gasteiger partial charge in [0.2, 0.25) is 0 Å². The van der Waals surface area contributed by atoms with Crippen LogP contribution >= 0.6 is 0 Å². The second kappa shape index (κ2) is 7.23. The van der Waals surface area contributed by atoms with Gasteiger partial charge < -0.3 is 14.8 Å². The summed E-state index contributed by atoms with van der Waals surface area (Å²) in [5, 5.41) is 2.94. The monoisotopic (exact) mass is 364 g/mol. The van der Waals surface area contributed by atoms with E-state index in [9.17, 15) is 9.59 Å². The van der Waals surface area contributed by atoms with Gasteiger partial charge in [-0.05, 0) is 61.3 Å². The smallest absolute Gasteiger partial charge is 0.284 e. The highest BCUT2D eigenvalue weighted by Crippen LogP contribution is 2.39. The maximum Gasteiger partial charge on any atom is 0.284 e. The average Bonchev–Trinajstić information content (AvgIpc) is 3.17. The van der Waals surface area contributed by atoms with Gasteiger partial charge in [0.05, 0.1) is 12.8 Å². The molecule has 1 heterocycles. The lowest BCUT2D eigenvalue weighted by Gasteiger charge is -2.28. The number of methoxy groups -OCH3 is 1. The van der Waals surface area contributed by atoms with Crippen LogP contribution in [-0.4, -0.2) is 31.2 Å². The van der Waals surface area contributed by atoms with Crippen LogP contribution in [0.25, 0.3) is 0 Å². The van der Waals surface area contributed by atoms with Crippen LogP contribution in [0.15, 0.2) is 64.3 Å². The SMILES string of the molecule is COc1ccc(OCC(=O)N=C2C=CC3C(=C2)NC(=O)C2=C3CCC2)cc1. The van der Waals surface area contributed by atoms with Gasteiger partial charge in [0.15, 0.2) is 6.61 Å². The lowest BCUT2D eigenvalue weighted by atomic mass is 9.85. The van der Waals surface area contributed by atoms with E-state index in [2.05, 4.69) is 10.3 Å². The lowest BCUT2D eigenvalue weighted by molar-refractivity contribution is -0.119. The van der Waals surface area contributed by atoms with Crippen LogP contribution in [0.3, 0.4) is 0 Å². The molecular formula is C21H20N2O4. The van der Waals surface area contributed by atoms with Gasteiger partial charge in [0, 0.05) is 17.2 Å². The van der Waals surface area contributed by atoms with Gasteiger partial charge in [-0.1, -0.05) is 6.08 Å². The van der Waals surface area contributed by atoms with Crippen molar-refractivity contribution in [2.24, 2.45) is 10.9 Å². The minimum absolute atomic E-state index is 0.0196. The number of aliphatic imine (C=N–C) groups is 1. The molecule has 27 heavy (non-hydrogen) atoms. The van der Waals surface area contributed by atoms with Crippen LogP contribution < -0.4 is 14.8 Å². The summed E-state index contributed by atoms with van der Waals surface area (Å²) in [5.41, 5.74) is 3.44. The Morgan fingerprint density at radius 1 is 1.22 bits per heavy atom. The Kier molecular flexibility index (Phi) is 4.62. The Hall–Kier alpha value is -3.15. The third-order valence-corrected chi connectivity index (χ3v) is 4.94. The number of fused-ring (bicyclic) bond motifs is 2. The van der Waals surface area contributed by atoms with E-state index in [0.29, 0.717) is 11.5 Å². The number of carbonyl (C=O) groups excluding carboxylic acids is 2. The molecule has 0 saturated carbocycles. The number of amides is 2. The Morgan fingerprint density at radius 2 is 2.00 bits per heavy atom. The van der Waals surface area contributed by atoms with Gasteiger partial charge in [-0.15, -0.1) is 0 Å². The molecule has 4 rings (SSSR count). The molecule has 3 aliphatic rings. The summed E-state index contributed by atoms with van der Waals surface area (Å²) in [7, 11) is 1.59. The summed E-state index contributed by atoms with van der Waals surface area (Å²) in [6.07, 6.45) is 8.44. The van der Waals surface area contributed by atoms with E-state index >= 15 is 0 Å². The molecule has 6 heteroatoms. The summed E-state index contributed by atoms with van der Waals surface area (Å²) in [6.45, 7) is -0.155. The standard InChI is InChI=1S/C21H20N2O4/c1-26-14-6-8-15(9-7-14)27-12-20(24)22-13-5-10-17-16-3-2-4-18(16)21(25)23-19(17)11-13/h5-11,17H,2-4,12H2,1H3,(H,23,25). The molecule has 6 nitrogen and oxygen atoms in total. The molecule has 1 N–H and O–H groups in total. The van der Waals surface area contributed by atoms with Crippen molar-refractivity contribution in [2.45, 2.75) is 19.3 Å². The Balaban J connectivity index is 1.42. The second-order valence-corrected chi connectivity index (χ2v) is 6.64. The fraction of sp³-hybridized carbons (Fsp3) is 0.286. The minimum atomic E-state index is -0.385. The summed E-state index contributed by atoms with van der Waals surface area (Å²) < 4.78 is 10.5. The predicted octanol–water partition coefficient (Wildman–Crippen LogP) is 2.72. The number of hydrogen-bond donors (Lipinski definition) is 1. The van der Waals surface area contributed by atoms with Crippen molar-refractivity contribution in [3.8, 4) is 11.5 Å². The number of nitrogens with zero attached hydrogens (tertiary/aromatic N) is 1. The van der Waals surface area contributed by atoms with E-state index in [1.807, 2.05) is 12.2 Å². The molecule has 0 spiro atoms. The molecule has 1 aromatic carbocycles. The Bertz CT molecular complexity index is 907. The van der Waals surface area contributed by atoms with Crippen LogP contribution in [0.4, 0.5) is 0 Å². The first kappa shape index (κ1) is 17.3. The van der Waals surface area contributed by atoms with Crippen molar-refractivity contribution in [3.63, 3.8) is 0 Å². The number of nitrogens with one attached hydrogen (secondary N) is 1. The van der Waals surface area contributed by atoms with E-state index in [0.717, 1.165) is 36.3 Å². The molecule has 1 unspecified atom stereocenters. The van der Waals surface area contributed by atoms with E-state index in [-0.39, 0.29) is 24.3 Å². The molecule has 0 radical (unpaired) electrons. The largest absolute Gasteiger partial charge is 0.497 e. The Morgan fingerprint density at radius 3 is 2.78 bits per heavy atom. The van der Waals surface area contributed by atoms with Crippen LogP contribution in [0.1, 0.15) is 19.3 Å². The molecule has 138 valence electrons. The van der Waals surface area contributed by atoms with Gasteiger partial charge in [-0.3, -0.25) is 9.59 Å². The fourth-order valence-electron chi connectivity index (χ4n) is 3.65. The molecule has 1 atom stereocenters. The summed E-state index contributed by atoms with van der Waals surface area (Å²) in [6, 6.07) is 6.99. The van der Waals surface area contributed by atoms with Crippen LogP contribution in [0, 0.1) is 5.92 Å². The maximum atomic E-state index is 12.2. The number of allylic oxidation sites excluding steroid dienone is 3. The highest BCUT2D eigenvalue weighted by atomic mass is 16.5. The Labute approximate surface area is 157 Å². The van der Waals surface area contributed by atoms with Gasteiger partial charge in [0.25, 0.3) is 11.8 Å². The van der Waals surface area contributed by atoms with Crippen LogP contribution in [-0.2, 0) is 9.59 Å². The zero-order valence-corrected chi connectivity index (χ0v) is 15.0. The number of rotatable bonds is 4. The van der Waals surface area contributed by atoms with Gasteiger partial charge in [0.1, 0.15) is 11.5 Å². The zero-order chi connectivity index (χ0) is 18.8. The number of benzene rings is 1. The summed E-state index contributed by atoms with van der Waals surface area (Å²) >= 11 is 0. The van der Waals surface area contributed by atoms with Gasteiger partial charge in [-0.25, -0.2) is 4.99 Å². The topological polar surface area (TPSA) is 77.0 Å². The first-order valence-electron chi connectivity index (χ1n) is 8.95. The van der Waals surface area contributed by atoms with Crippen molar-refractivity contribution in [2.75, 3.05) is 13.7 Å². The van der Waals surface area contributed by atoms with Crippen LogP contribution in [0.5, 0.6) is 11.5 Å². The first-order valence-corrected chi connectivity index (χ1v) is 8.95. The highest BCUT2D eigenvalue weighted by Gasteiger charge is 2.34. The normalized spacial score (nSPS) is 22.1. The summed E-state index contributed by atoms with van der Waals surface area (Å²) in [4.78, 5) is 28.4. The fourth-order valence-corrected chi connectivity index (χ4v) is 3.65. The predicted molar refractivity (Wildman–Crippen MR) is 101 cm³/mol. The van der Waals surface area contributed by atoms with E-state index in [1.165, 1.54) is 5.57 Å². The van der Waals surface area contributed by atoms with E-state index in [1.54, 1.807) is 37.5 Å². The summed E-state index contributed by atoms with van der Waals surface area (Å²) in [5.74, 6) is 0.988. The second-order valence-electron chi connectivity index (χ2n) is 6.64. The molecular weight excluding hydrogens is 344 g/mol. The average molecular weight is 364 g/mol. The third kappa shape index (κ3) is 3.56.